The molecule has 0 radical (unpaired) electrons. The number of likely N-dealkylation sites (tertiary alicyclic amines) is 1. The van der Waals surface area contributed by atoms with Gasteiger partial charge in [-0.25, -0.2) is 0 Å². The summed E-state index contributed by atoms with van der Waals surface area (Å²) in [4.78, 5) is 2.51. The van der Waals surface area contributed by atoms with Crippen molar-refractivity contribution in [2.24, 2.45) is 5.92 Å². The van der Waals surface area contributed by atoms with Crippen molar-refractivity contribution in [2.75, 3.05) is 19.6 Å². The minimum atomic E-state index is 0.638. The molecule has 0 unspecified atom stereocenters. The van der Waals surface area contributed by atoms with Gasteiger partial charge in [-0.3, -0.25) is 0 Å². The van der Waals surface area contributed by atoms with Crippen molar-refractivity contribution in [3.8, 4) is 0 Å². The van der Waals surface area contributed by atoms with Crippen LogP contribution in [0.4, 0.5) is 0 Å². The van der Waals surface area contributed by atoms with Crippen molar-refractivity contribution >= 4 is 17.2 Å². The fourth-order valence-corrected chi connectivity index (χ4v) is 2.62. The summed E-state index contributed by atoms with van der Waals surface area (Å²) in [6, 6.07) is 8.06. The van der Waals surface area contributed by atoms with E-state index in [2.05, 4.69) is 30.5 Å². The zero-order valence-electron chi connectivity index (χ0n) is 10.5. The molecule has 2 heteroatoms. The van der Waals surface area contributed by atoms with Crippen molar-refractivity contribution in [1.29, 1.82) is 0 Å². The Morgan fingerprint density at radius 3 is 2.41 bits per heavy atom. The first kappa shape index (κ1) is 12.7. The predicted molar refractivity (Wildman–Crippen MR) is 75.3 cm³/mol. The van der Waals surface area contributed by atoms with Crippen LogP contribution in [-0.4, -0.2) is 24.5 Å². The summed E-state index contributed by atoms with van der Waals surface area (Å²) in [5, 5.41) is 0.794. The molecule has 1 fully saturated rings. The maximum Gasteiger partial charge on any atom is 0.0406 e. The summed E-state index contributed by atoms with van der Waals surface area (Å²) in [7, 11) is 0. The topological polar surface area (TPSA) is 3.24 Å². The van der Waals surface area contributed by atoms with E-state index in [-0.39, 0.29) is 0 Å². The third-order valence-electron chi connectivity index (χ3n) is 3.74. The Bertz CT molecular complexity index is 374. The summed E-state index contributed by atoms with van der Waals surface area (Å²) in [6.07, 6.45) is 2.46. The molecule has 0 bridgehead atoms. The zero-order chi connectivity index (χ0) is 12.3. The summed E-state index contributed by atoms with van der Waals surface area (Å²) in [5.41, 5.74) is 2.52. The maximum atomic E-state index is 5.90. The lowest BCUT2D eigenvalue weighted by Crippen LogP contribution is -2.33. The second kappa shape index (κ2) is 5.70. The minimum Gasteiger partial charge on any atom is -0.304 e. The van der Waals surface area contributed by atoms with Gasteiger partial charge in [0.2, 0.25) is 0 Å². The molecule has 1 nitrogen and oxygen atoms in total. The molecule has 2 rings (SSSR count). The molecule has 92 valence electrons. The maximum absolute atomic E-state index is 5.90. The highest BCUT2D eigenvalue weighted by Crippen LogP contribution is 2.30. The molecule has 0 N–H and O–H groups in total. The molecule has 0 spiro atoms. The molecule has 0 amide bonds. The van der Waals surface area contributed by atoms with E-state index in [4.69, 9.17) is 11.6 Å². The van der Waals surface area contributed by atoms with Gasteiger partial charge in [0.05, 0.1) is 0 Å². The number of rotatable bonds is 3. The molecule has 17 heavy (non-hydrogen) atoms. The van der Waals surface area contributed by atoms with Crippen molar-refractivity contribution < 1.29 is 0 Å². The van der Waals surface area contributed by atoms with Crippen LogP contribution in [0.25, 0.3) is 5.57 Å². The highest BCUT2D eigenvalue weighted by atomic mass is 35.5. The highest BCUT2D eigenvalue weighted by Gasteiger charge is 2.20. The van der Waals surface area contributed by atoms with Crippen LogP contribution in [-0.2, 0) is 0 Å². The van der Waals surface area contributed by atoms with Gasteiger partial charge >= 0.3 is 0 Å². The zero-order valence-corrected chi connectivity index (χ0v) is 11.2. The number of halogens is 1. The van der Waals surface area contributed by atoms with Crippen LogP contribution in [0.5, 0.6) is 0 Å². The normalized spacial score (nSPS) is 18.2. The minimum absolute atomic E-state index is 0.638. The first-order chi connectivity index (χ1) is 8.20. The summed E-state index contributed by atoms with van der Waals surface area (Å²) >= 11 is 5.90. The van der Waals surface area contributed by atoms with Gasteiger partial charge < -0.3 is 4.90 Å². The summed E-state index contributed by atoms with van der Waals surface area (Å²) in [5.74, 6) is 0.638. The Morgan fingerprint density at radius 2 is 1.88 bits per heavy atom. The monoisotopic (exact) mass is 249 g/mol. The number of nitrogens with zero attached hydrogens (tertiary/aromatic N) is 1. The van der Waals surface area contributed by atoms with Gasteiger partial charge in [0.25, 0.3) is 0 Å². The molecule has 0 aliphatic carbocycles. The first-order valence-electron chi connectivity index (χ1n) is 6.37. The second-order valence-electron chi connectivity index (χ2n) is 4.74. The second-order valence-corrected chi connectivity index (χ2v) is 5.18. The Labute approximate surface area is 109 Å². The van der Waals surface area contributed by atoms with Crippen molar-refractivity contribution in [3.05, 3.63) is 41.4 Å². The lowest BCUT2D eigenvalue weighted by molar-refractivity contribution is 0.216. The fourth-order valence-electron chi connectivity index (χ4n) is 2.50. The number of benzene rings is 1. The van der Waals surface area contributed by atoms with Crippen molar-refractivity contribution in [2.45, 2.75) is 19.8 Å². The largest absolute Gasteiger partial charge is 0.304 e. The van der Waals surface area contributed by atoms with E-state index in [0.29, 0.717) is 5.92 Å². The third kappa shape index (κ3) is 3.11. The summed E-state index contributed by atoms with van der Waals surface area (Å²) < 4.78 is 0. The molecule has 1 aromatic carbocycles. The van der Waals surface area contributed by atoms with E-state index in [0.717, 1.165) is 5.02 Å². The van der Waals surface area contributed by atoms with Gasteiger partial charge in [0.15, 0.2) is 0 Å². The number of hydrogen-bond acceptors (Lipinski definition) is 1. The third-order valence-corrected chi connectivity index (χ3v) is 3.99. The Kier molecular flexibility index (Phi) is 4.25. The van der Waals surface area contributed by atoms with Crippen LogP contribution in [0.2, 0.25) is 5.02 Å². The smallest absolute Gasteiger partial charge is 0.0406 e. The van der Waals surface area contributed by atoms with Gasteiger partial charge in [-0.15, -0.1) is 0 Å². The molecule has 1 aliphatic heterocycles. The number of piperidine rings is 1. The van der Waals surface area contributed by atoms with Gasteiger partial charge in [0.1, 0.15) is 0 Å². The van der Waals surface area contributed by atoms with Crippen molar-refractivity contribution in [1.82, 2.24) is 4.90 Å². The first-order valence-corrected chi connectivity index (χ1v) is 6.75. The highest BCUT2D eigenvalue weighted by molar-refractivity contribution is 6.30. The van der Waals surface area contributed by atoms with Crippen LogP contribution in [0.3, 0.4) is 0 Å². The molecule has 0 aromatic heterocycles. The van der Waals surface area contributed by atoms with E-state index in [1.165, 1.54) is 43.6 Å². The molecular weight excluding hydrogens is 230 g/mol. The van der Waals surface area contributed by atoms with Crippen molar-refractivity contribution in [3.63, 3.8) is 0 Å². The van der Waals surface area contributed by atoms with E-state index in [9.17, 15) is 0 Å². The van der Waals surface area contributed by atoms with Gasteiger partial charge in [0, 0.05) is 5.02 Å². The van der Waals surface area contributed by atoms with Crippen LogP contribution in [0.15, 0.2) is 30.8 Å². The van der Waals surface area contributed by atoms with E-state index >= 15 is 0 Å². The van der Waals surface area contributed by atoms with Gasteiger partial charge in [-0.05, 0) is 61.7 Å². The molecule has 0 saturated carbocycles. The standard InChI is InChI=1S/C15H20ClN/c1-3-17-10-8-14(9-11-17)12(2)13-4-6-15(16)7-5-13/h4-7,14H,2-3,8-11H2,1H3. The number of hydrogen-bond donors (Lipinski definition) is 0. The SMILES string of the molecule is C=C(c1ccc(Cl)cc1)C1CCN(CC)CC1. The van der Waals surface area contributed by atoms with Gasteiger partial charge in [-0.2, -0.15) is 0 Å². The molecular formula is C15H20ClN. The Hall–Kier alpha value is -0.790. The lowest BCUT2D eigenvalue weighted by atomic mass is 9.86. The van der Waals surface area contributed by atoms with E-state index in [1.54, 1.807) is 0 Å². The average Bonchev–Trinajstić information content (AvgIpc) is 2.39. The van der Waals surface area contributed by atoms with E-state index in [1.807, 2.05) is 12.1 Å². The summed E-state index contributed by atoms with van der Waals surface area (Å²) in [6.45, 7) is 10.1. The van der Waals surface area contributed by atoms with Crippen LogP contribution in [0.1, 0.15) is 25.3 Å². The molecule has 1 saturated heterocycles. The Balaban J connectivity index is 1.99. The van der Waals surface area contributed by atoms with Crippen LogP contribution in [0, 0.1) is 5.92 Å². The van der Waals surface area contributed by atoms with Crippen LogP contribution >= 0.6 is 11.6 Å². The Morgan fingerprint density at radius 1 is 1.29 bits per heavy atom. The lowest BCUT2D eigenvalue weighted by Gasteiger charge is -2.32. The molecule has 1 aliphatic rings. The van der Waals surface area contributed by atoms with E-state index < -0.39 is 0 Å². The molecule has 0 atom stereocenters. The fraction of sp³-hybridized carbons (Fsp3) is 0.467. The van der Waals surface area contributed by atoms with Gasteiger partial charge in [-0.1, -0.05) is 37.2 Å². The van der Waals surface area contributed by atoms with Crippen LogP contribution < -0.4 is 0 Å². The predicted octanol–water partition coefficient (Wildman–Crippen LogP) is 4.09. The molecule has 1 aromatic rings. The average molecular weight is 250 g/mol. The quantitative estimate of drug-likeness (QED) is 0.780. The number of allylic oxidation sites excluding steroid dienone is 1. The molecule has 1 heterocycles.